The summed E-state index contributed by atoms with van der Waals surface area (Å²) < 4.78 is 0. The zero-order chi connectivity index (χ0) is 23.5. The van der Waals surface area contributed by atoms with E-state index in [0.717, 1.165) is 17.1 Å². The zero-order valence-corrected chi connectivity index (χ0v) is 19.4. The fourth-order valence-electron chi connectivity index (χ4n) is 4.82. The van der Waals surface area contributed by atoms with E-state index in [9.17, 15) is 0 Å². The predicted molar refractivity (Wildman–Crippen MR) is 150 cm³/mol. The molecule has 0 saturated carbocycles. The smallest absolute Gasteiger partial charge is 0.0540 e. The molecule has 0 bridgehead atoms. The summed E-state index contributed by atoms with van der Waals surface area (Å²) in [4.78, 5) is 2.36. The number of fused-ring (bicyclic) bond motifs is 1. The highest BCUT2D eigenvalue weighted by Crippen LogP contribution is 2.42. The second-order valence-corrected chi connectivity index (χ2v) is 8.63. The van der Waals surface area contributed by atoms with E-state index in [1.165, 1.54) is 33.0 Å². The number of benzene rings is 6. The molecular formula is C34H25N. The minimum atomic E-state index is 1.13. The molecule has 1 heteroatoms. The van der Waals surface area contributed by atoms with Gasteiger partial charge in [0.25, 0.3) is 0 Å². The van der Waals surface area contributed by atoms with Crippen molar-refractivity contribution in [1.29, 1.82) is 0 Å². The molecule has 0 unspecified atom stereocenters. The van der Waals surface area contributed by atoms with Gasteiger partial charge in [-0.2, -0.15) is 0 Å². The van der Waals surface area contributed by atoms with Crippen molar-refractivity contribution in [2.45, 2.75) is 0 Å². The van der Waals surface area contributed by atoms with E-state index >= 15 is 0 Å². The monoisotopic (exact) mass is 447 g/mol. The highest BCUT2D eigenvalue weighted by atomic mass is 15.1. The average Bonchev–Trinajstić information content (AvgIpc) is 2.94. The summed E-state index contributed by atoms with van der Waals surface area (Å²) in [5.41, 5.74) is 8.27. The van der Waals surface area contributed by atoms with Crippen molar-refractivity contribution in [2.75, 3.05) is 4.90 Å². The highest BCUT2D eigenvalue weighted by molar-refractivity contribution is 5.98. The van der Waals surface area contributed by atoms with Crippen LogP contribution in [0.25, 0.3) is 33.0 Å². The molecule has 6 rings (SSSR count). The number of nitrogens with zero attached hydrogens (tertiary/aromatic N) is 1. The molecule has 0 fully saturated rings. The molecular weight excluding hydrogens is 422 g/mol. The number of rotatable bonds is 5. The molecule has 6 aromatic rings. The summed E-state index contributed by atoms with van der Waals surface area (Å²) >= 11 is 0. The van der Waals surface area contributed by atoms with Crippen LogP contribution in [0, 0.1) is 0 Å². The van der Waals surface area contributed by atoms with E-state index < -0.39 is 0 Å². The first-order valence-corrected chi connectivity index (χ1v) is 12.0. The summed E-state index contributed by atoms with van der Waals surface area (Å²) in [5.74, 6) is 0. The first-order valence-electron chi connectivity index (χ1n) is 12.0. The largest absolute Gasteiger partial charge is 0.310 e. The molecule has 0 atom stereocenters. The van der Waals surface area contributed by atoms with Gasteiger partial charge in [0, 0.05) is 16.9 Å². The molecule has 0 heterocycles. The van der Waals surface area contributed by atoms with Gasteiger partial charge in [0.1, 0.15) is 0 Å². The van der Waals surface area contributed by atoms with E-state index in [2.05, 4.69) is 157 Å². The predicted octanol–water partition coefficient (Wildman–Crippen LogP) is 9.64. The van der Waals surface area contributed by atoms with Crippen LogP contribution in [0.15, 0.2) is 152 Å². The van der Waals surface area contributed by atoms with Crippen LogP contribution in [0.4, 0.5) is 17.1 Å². The first kappa shape index (κ1) is 20.9. The Bertz CT molecular complexity index is 1580. The van der Waals surface area contributed by atoms with Gasteiger partial charge in [-0.25, -0.2) is 0 Å². The van der Waals surface area contributed by atoms with Crippen LogP contribution in [0.3, 0.4) is 0 Å². The third-order valence-corrected chi connectivity index (χ3v) is 6.45. The quantitative estimate of drug-likeness (QED) is 0.254. The van der Waals surface area contributed by atoms with Gasteiger partial charge < -0.3 is 4.90 Å². The molecule has 166 valence electrons. The highest BCUT2D eigenvalue weighted by Gasteiger charge is 2.17. The Kier molecular flexibility index (Phi) is 5.58. The molecule has 0 radical (unpaired) electrons. The number of hydrogen-bond donors (Lipinski definition) is 0. The lowest BCUT2D eigenvalue weighted by Crippen LogP contribution is -2.11. The van der Waals surface area contributed by atoms with Gasteiger partial charge in [0.2, 0.25) is 0 Å². The second kappa shape index (κ2) is 9.32. The fraction of sp³-hybridized carbons (Fsp3) is 0. The minimum absolute atomic E-state index is 1.13. The van der Waals surface area contributed by atoms with E-state index in [4.69, 9.17) is 0 Å². The van der Waals surface area contributed by atoms with Gasteiger partial charge >= 0.3 is 0 Å². The van der Waals surface area contributed by atoms with Crippen molar-refractivity contribution in [3.8, 4) is 22.3 Å². The van der Waals surface area contributed by atoms with Crippen LogP contribution < -0.4 is 4.90 Å². The van der Waals surface area contributed by atoms with E-state index in [-0.39, 0.29) is 0 Å². The van der Waals surface area contributed by atoms with Gasteiger partial charge in [-0.05, 0) is 57.8 Å². The maximum absolute atomic E-state index is 2.36. The first-order chi connectivity index (χ1) is 17.4. The lowest BCUT2D eigenvalue weighted by atomic mass is 9.97. The van der Waals surface area contributed by atoms with Crippen molar-refractivity contribution in [2.24, 2.45) is 0 Å². The van der Waals surface area contributed by atoms with Crippen LogP contribution in [0.5, 0.6) is 0 Å². The fourth-order valence-corrected chi connectivity index (χ4v) is 4.82. The summed E-state index contributed by atoms with van der Waals surface area (Å²) in [7, 11) is 0. The molecule has 0 aliphatic heterocycles. The second-order valence-electron chi connectivity index (χ2n) is 8.63. The summed E-state index contributed by atoms with van der Waals surface area (Å²) in [5, 5.41) is 2.52. The third kappa shape index (κ3) is 4.09. The van der Waals surface area contributed by atoms with Gasteiger partial charge in [-0.1, -0.05) is 121 Å². The molecule has 35 heavy (non-hydrogen) atoms. The van der Waals surface area contributed by atoms with Crippen molar-refractivity contribution in [3.63, 3.8) is 0 Å². The Morgan fingerprint density at radius 2 is 0.943 bits per heavy atom. The normalized spacial score (nSPS) is 10.9. The Morgan fingerprint density at radius 1 is 0.371 bits per heavy atom. The van der Waals surface area contributed by atoms with Gasteiger partial charge in [0.15, 0.2) is 0 Å². The standard InChI is InChI=1S/C34H25N/c1-3-13-27(14-4-1)33-22-9-10-24-34(33)35(29-18-5-2-6-19-29)30-20-11-17-28(25-30)32-23-12-16-26-15-7-8-21-31(26)32/h1-25H. The Balaban J connectivity index is 1.55. The van der Waals surface area contributed by atoms with E-state index in [1.54, 1.807) is 0 Å². The lowest BCUT2D eigenvalue weighted by Gasteiger charge is -2.28. The summed E-state index contributed by atoms with van der Waals surface area (Å²) in [6.07, 6.45) is 0. The van der Waals surface area contributed by atoms with Crippen molar-refractivity contribution in [1.82, 2.24) is 0 Å². The molecule has 0 aliphatic carbocycles. The van der Waals surface area contributed by atoms with Gasteiger partial charge in [0.05, 0.1) is 5.69 Å². The number of hydrogen-bond acceptors (Lipinski definition) is 1. The van der Waals surface area contributed by atoms with Crippen LogP contribution in [0.1, 0.15) is 0 Å². The van der Waals surface area contributed by atoms with Crippen LogP contribution in [-0.2, 0) is 0 Å². The third-order valence-electron chi connectivity index (χ3n) is 6.45. The lowest BCUT2D eigenvalue weighted by molar-refractivity contribution is 1.28. The Morgan fingerprint density at radius 3 is 1.80 bits per heavy atom. The van der Waals surface area contributed by atoms with Crippen LogP contribution in [-0.4, -0.2) is 0 Å². The maximum Gasteiger partial charge on any atom is 0.0540 e. The number of para-hydroxylation sites is 2. The molecule has 0 aliphatic rings. The van der Waals surface area contributed by atoms with Crippen LogP contribution in [0.2, 0.25) is 0 Å². The van der Waals surface area contributed by atoms with E-state index in [0.29, 0.717) is 0 Å². The average molecular weight is 448 g/mol. The van der Waals surface area contributed by atoms with Crippen molar-refractivity contribution in [3.05, 3.63) is 152 Å². The summed E-state index contributed by atoms with van der Waals surface area (Å²) in [6.45, 7) is 0. The minimum Gasteiger partial charge on any atom is -0.310 e. The number of anilines is 3. The molecule has 0 spiro atoms. The Hall–Kier alpha value is -4.62. The van der Waals surface area contributed by atoms with Crippen molar-refractivity contribution < 1.29 is 0 Å². The molecule has 0 amide bonds. The van der Waals surface area contributed by atoms with Crippen LogP contribution >= 0.6 is 0 Å². The molecule has 1 nitrogen and oxygen atoms in total. The maximum atomic E-state index is 2.36. The van der Waals surface area contributed by atoms with Crippen molar-refractivity contribution >= 4 is 27.8 Å². The van der Waals surface area contributed by atoms with Gasteiger partial charge in [-0.3, -0.25) is 0 Å². The molecule has 0 aromatic heterocycles. The Labute approximate surface area is 206 Å². The summed E-state index contributed by atoms with van der Waals surface area (Å²) in [6, 6.07) is 53.9. The molecule has 6 aromatic carbocycles. The van der Waals surface area contributed by atoms with Gasteiger partial charge in [-0.15, -0.1) is 0 Å². The molecule has 0 N–H and O–H groups in total. The SMILES string of the molecule is c1ccc(-c2ccccc2N(c2ccccc2)c2cccc(-c3cccc4ccccc34)c2)cc1. The topological polar surface area (TPSA) is 3.24 Å². The zero-order valence-electron chi connectivity index (χ0n) is 19.4. The molecule has 0 saturated heterocycles. The van der Waals surface area contributed by atoms with E-state index in [1.807, 2.05) is 0 Å².